The van der Waals surface area contributed by atoms with Crippen molar-refractivity contribution in [3.05, 3.63) is 34.9 Å². The summed E-state index contributed by atoms with van der Waals surface area (Å²) in [7, 11) is 0. The van der Waals surface area contributed by atoms with Crippen molar-refractivity contribution in [3.8, 4) is 0 Å². The molecule has 3 unspecified atom stereocenters. The number of carbonyl (C=O) groups excluding carboxylic acids is 1. The van der Waals surface area contributed by atoms with Crippen LogP contribution in [-0.2, 0) is 4.79 Å². The molecule has 0 saturated carbocycles. The standard InChI is InChI=1S/C22H33ClN4O/c1-16-8-11-26(12-9-16)14-17-3-2-10-27(15-17)22(28)20-13-24-25-21(20)18-4-6-19(23)7-5-18/h4-7,16-17,20-21,24-25H,2-3,8-15H2,1H3. The van der Waals surface area contributed by atoms with Crippen LogP contribution < -0.4 is 10.9 Å². The average Bonchev–Trinajstić information content (AvgIpc) is 3.20. The maximum absolute atomic E-state index is 13.3. The number of benzene rings is 1. The van der Waals surface area contributed by atoms with Crippen LogP contribution in [0, 0.1) is 17.8 Å². The first kappa shape index (κ1) is 20.1. The van der Waals surface area contributed by atoms with Crippen LogP contribution in [0.15, 0.2) is 24.3 Å². The number of likely N-dealkylation sites (tertiary alicyclic amines) is 2. The Balaban J connectivity index is 1.36. The van der Waals surface area contributed by atoms with E-state index in [0.29, 0.717) is 12.5 Å². The van der Waals surface area contributed by atoms with Gasteiger partial charge < -0.3 is 9.80 Å². The molecule has 154 valence electrons. The Labute approximate surface area is 173 Å². The first-order valence-electron chi connectivity index (χ1n) is 10.8. The molecule has 4 rings (SSSR count). The first-order valence-corrected chi connectivity index (χ1v) is 11.2. The van der Waals surface area contributed by atoms with Crippen molar-refractivity contribution in [2.45, 2.75) is 38.6 Å². The molecule has 3 aliphatic heterocycles. The van der Waals surface area contributed by atoms with E-state index in [2.05, 4.69) is 27.6 Å². The first-order chi connectivity index (χ1) is 13.6. The number of hydrazine groups is 1. The Hall–Kier alpha value is -1.14. The predicted octanol–water partition coefficient (Wildman–Crippen LogP) is 3.08. The Kier molecular flexibility index (Phi) is 6.56. The highest BCUT2D eigenvalue weighted by Gasteiger charge is 2.38. The molecule has 3 atom stereocenters. The van der Waals surface area contributed by atoms with E-state index in [1.54, 1.807) is 0 Å². The van der Waals surface area contributed by atoms with Gasteiger partial charge in [-0.15, -0.1) is 0 Å². The van der Waals surface area contributed by atoms with Crippen molar-refractivity contribution in [1.82, 2.24) is 20.7 Å². The largest absolute Gasteiger partial charge is 0.342 e. The lowest BCUT2D eigenvalue weighted by Crippen LogP contribution is -2.47. The van der Waals surface area contributed by atoms with Crippen molar-refractivity contribution in [3.63, 3.8) is 0 Å². The summed E-state index contributed by atoms with van der Waals surface area (Å²) in [6.45, 7) is 8.45. The third-order valence-electron chi connectivity index (χ3n) is 6.75. The lowest BCUT2D eigenvalue weighted by Gasteiger charge is -2.39. The summed E-state index contributed by atoms with van der Waals surface area (Å²) in [5, 5.41) is 0.726. The molecule has 3 saturated heterocycles. The van der Waals surface area contributed by atoms with Gasteiger partial charge in [-0.2, -0.15) is 0 Å². The third kappa shape index (κ3) is 4.70. The molecule has 1 aromatic rings. The number of piperidine rings is 2. The zero-order chi connectivity index (χ0) is 19.5. The molecule has 2 N–H and O–H groups in total. The monoisotopic (exact) mass is 404 g/mol. The fraction of sp³-hybridized carbons (Fsp3) is 0.682. The van der Waals surface area contributed by atoms with Crippen molar-refractivity contribution < 1.29 is 4.79 Å². The summed E-state index contributed by atoms with van der Waals surface area (Å²) in [6, 6.07) is 7.84. The van der Waals surface area contributed by atoms with Gasteiger partial charge in [0, 0.05) is 31.2 Å². The van der Waals surface area contributed by atoms with Gasteiger partial charge in [0.1, 0.15) is 0 Å². The highest BCUT2D eigenvalue weighted by molar-refractivity contribution is 6.30. The van der Waals surface area contributed by atoms with E-state index in [1.165, 1.54) is 32.4 Å². The molecule has 0 aromatic heterocycles. The van der Waals surface area contributed by atoms with Gasteiger partial charge in [0.05, 0.1) is 12.0 Å². The molecule has 3 fully saturated rings. The zero-order valence-electron chi connectivity index (χ0n) is 16.9. The molecule has 0 radical (unpaired) electrons. The molecule has 3 heterocycles. The van der Waals surface area contributed by atoms with Crippen LogP contribution in [0.4, 0.5) is 0 Å². The van der Waals surface area contributed by atoms with E-state index in [1.807, 2.05) is 24.3 Å². The highest BCUT2D eigenvalue weighted by atomic mass is 35.5. The smallest absolute Gasteiger partial charge is 0.229 e. The highest BCUT2D eigenvalue weighted by Crippen LogP contribution is 2.29. The maximum atomic E-state index is 13.3. The topological polar surface area (TPSA) is 47.6 Å². The number of amides is 1. The minimum atomic E-state index is -0.0595. The number of hydrogen-bond acceptors (Lipinski definition) is 4. The lowest BCUT2D eigenvalue weighted by molar-refractivity contribution is -0.137. The summed E-state index contributed by atoms with van der Waals surface area (Å²) >= 11 is 6.03. The van der Waals surface area contributed by atoms with E-state index >= 15 is 0 Å². The Morgan fingerprint density at radius 2 is 1.89 bits per heavy atom. The molecular weight excluding hydrogens is 372 g/mol. The Morgan fingerprint density at radius 3 is 2.64 bits per heavy atom. The number of hydrogen-bond donors (Lipinski definition) is 2. The van der Waals surface area contributed by atoms with Crippen LogP contribution in [0.25, 0.3) is 0 Å². The predicted molar refractivity (Wildman–Crippen MR) is 113 cm³/mol. The maximum Gasteiger partial charge on any atom is 0.229 e. The molecule has 0 spiro atoms. The van der Waals surface area contributed by atoms with Gasteiger partial charge in [-0.05, 0) is 68.3 Å². The molecule has 3 aliphatic rings. The molecule has 28 heavy (non-hydrogen) atoms. The van der Waals surface area contributed by atoms with Crippen molar-refractivity contribution in [2.24, 2.45) is 17.8 Å². The Bertz CT molecular complexity index is 659. The normalized spacial score (nSPS) is 29.9. The van der Waals surface area contributed by atoms with E-state index in [0.717, 1.165) is 42.6 Å². The van der Waals surface area contributed by atoms with Gasteiger partial charge in [-0.1, -0.05) is 30.7 Å². The minimum absolute atomic E-state index is 0.00808. The van der Waals surface area contributed by atoms with Crippen LogP contribution in [0.1, 0.15) is 44.2 Å². The molecule has 0 bridgehead atoms. The lowest BCUT2D eigenvalue weighted by atomic mass is 9.90. The third-order valence-corrected chi connectivity index (χ3v) is 7.00. The van der Waals surface area contributed by atoms with Gasteiger partial charge in [0.25, 0.3) is 0 Å². The summed E-state index contributed by atoms with van der Waals surface area (Å²) < 4.78 is 0. The minimum Gasteiger partial charge on any atom is -0.342 e. The summed E-state index contributed by atoms with van der Waals surface area (Å²) in [5.41, 5.74) is 7.61. The molecular formula is C22H33ClN4O. The van der Waals surface area contributed by atoms with Gasteiger partial charge in [-0.3, -0.25) is 10.2 Å². The fourth-order valence-corrected chi connectivity index (χ4v) is 5.10. The molecule has 1 amide bonds. The Morgan fingerprint density at radius 1 is 1.14 bits per heavy atom. The van der Waals surface area contributed by atoms with Crippen molar-refractivity contribution in [2.75, 3.05) is 39.3 Å². The van der Waals surface area contributed by atoms with Gasteiger partial charge in [-0.25, -0.2) is 5.43 Å². The molecule has 1 aromatic carbocycles. The zero-order valence-corrected chi connectivity index (χ0v) is 17.6. The van der Waals surface area contributed by atoms with Crippen molar-refractivity contribution >= 4 is 17.5 Å². The second kappa shape index (κ2) is 9.12. The van der Waals surface area contributed by atoms with Gasteiger partial charge in [0.2, 0.25) is 5.91 Å². The van der Waals surface area contributed by atoms with Gasteiger partial charge >= 0.3 is 0 Å². The quantitative estimate of drug-likeness (QED) is 0.809. The van der Waals surface area contributed by atoms with E-state index in [9.17, 15) is 4.79 Å². The van der Waals surface area contributed by atoms with Crippen LogP contribution in [-0.4, -0.2) is 55.0 Å². The average molecular weight is 405 g/mol. The number of carbonyl (C=O) groups is 1. The van der Waals surface area contributed by atoms with Crippen LogP contribution in [0.3, 0.4) is 0 Å². The van der Waals surface area contributed by atoms with E-state index < -0.39 is 0 Å². The summed E-state index contributed by atoms with van der Waals surface area (Å²) in [4.78, 5) is 18.1. The SMILES string of the molecule is CC1CCN(CC2CCCN(C(=O)C3CNNC3c3ccc(Cl)cc3)C2)CC1. The second-order valence-corrected chi connectivity index (χ2v) is 9.37. The van der Waals surface area contributed by atoms with E-state index in [4.69, 9.17) is 11.6 Å². The molecule has 6 heteroatoms. The summed E-state index contributed by atoms with van der Waals surface area (Å²) in [6.07, 6.45) is 5.01. The van der Waals surface area contributed by atoms with Crippen molar-refractivity contribution in [1.29, 1.82) is 0 Å². The molecule has 0 aliphatic carbocycles. The van der Waals surface area contributed by atoms with Crippen LogP contribution in [0.5, 0.6) is 0 Å². The van der Waals surface area contributed by atoms with Crippen LogP contribution >= 0.6 is 11.6 Å². The summed E-state index contributed by atoms with van der Waals surface area (Å²) in [5.74, 6) is 1.71. The van der Waals surface area contributed by atoms with E-state index in [-0.39, 0.29) is 17.9 Å². The fourth-order valence-electron chi connectivity index (χ4n) is 4.97. The van der Waals surface area contributed by atoms with Gasteiger partial charge in [0.15, 0.2) is 0 Å². The number of halogens is 1. The molecule has 5 nitrogen and oxygen atoms in total. The number of nitrogens with zero attached hydrogens (tertiary/aromatic N) is 2. The van der Waals surface area contributed by atoms with Crippen LogP contribution in [0.2, 0.25) is 5.02 Å². The number of rotatable bonds is 4. The second-order valence-electron chi connectivity index (χ2n) is 8.94. The number of nitrogens with one attached hydrogen (secondary N) is 2.